The highest BCUT2D eigenvalue weighted by molar-refractivity contribution is 5.81. The number of amides is 1. The Labute approximate surface area is 125 Å². The van der Waals surface area contributed by atoms with Crippen LogP contribution < -0.4 is 4.74 Å². The maximum Gasteiger partial charge on any atom is 0.263 e. The van der Waals surface area contributed by atoms with Gasteiger partial charge in [0.25, 0.3) is 5.91 Å². The van der Waals surface area contributed by atoms with Gasteiger partial charge in [0.2, 0.25) is 0 Å². The first-order chi connectivity index (χ1) is 10.1. The molecule has 1 fully saturated rings. The maximum atomic E-state index is 12.5. The number of benzene rings is 1. The van der Waals surface area contributed by atoms with Crippen molar-refractivity contribution in [1.29, 1.82) is 0 Å². The third-order valence-electron chi connectivity index (χ3n) is 4.43. The Bertz CT molecular complexity index is 521. The molecule has 2 aliphatic rings. The van der Waals surface area contributed by atoms with E-state index in [4.69, 9.17) is 4.74 Å². The van der Waals surface area contributed by atoms with Crippen LogP contribution in [0, 0.1) is 11.8 Å². The lowest BCUT2D eigenvalue weighted by Gasteiger charge is -2.21. The number of carbonyl (C=O) groups excluding carboxylic acids is 1. The molecular formula is C17H21NO3. The van der Waals surface area contributed by atoms with E-state index in [1.807, 2.05) is 4.90 Å². The molecule has 1 aliphatic carbocycles. The second-order valence-corrected chi connectivity index (χ2v) is 5.96. The number of rotatable bonds is 3. The predicted molar refractivity (Wildman–Crippen MR) is 80.1 cm³/mol. The first-order valence-corrected chi connectivity index (χ1v) is 7.53. The zero-order valence-electron chi connectivity index (χ0n) is 12.2. The Balaban J connectivity index is 1.59. The number of phenolic OH excluding ortho intramolecular Hbond substituents is 1. The van der Waals surface area contributed by atoms with Gasteiger partial charge in [-0.15, -0.1) is 0 Å². The van der Waals surface area contributed by atoms with Gasteiger partial charge < -0.3 is 14.7 Å². The summed E-state index contributed by atoms with van der Waals surface area (Å²) in [6.07, 6.45) is 6.13. The lowest BCUT2D eigenvalue weighted by molar-refractivity contribution is -0.137. The van der Waals surface area contributed by atoms with Crippen molar-refractivity contribution in [1.82, 2.24) is 4.90 Å². The Kier molecular flexibility index (Phi) is 3.86. The smallest absolute Gasteiger partial charge is 0.263 e. The van der Waals surface area contributed by atoms with Crippen molar-refractivity contribution in [3.05, 3.63) is 36.4 Å². The van der Waals surface area contributed by atoms with Gasteiger partial charge in [0, 0.05) is 13.1 Å². The molecule has 3 rings (SSSR count). The van der Waals surface area contributed by atoms with Crippen molar-refractivity contribution in [3.63, 3.8) is 0 Å². The monoisotopic (exact) mass is 287 g/mol. The first-order valence-electron chi connectivity index (χ1n) is 7.53. The number of likely N-dealkylation sites (tertiary alicyclic amines) is 1. The number of aromatic hydroxyl groups is 1. The van der Waals surface area contributed by atoms with Crippen molar-refractivity contribution in [3.8, 4) is 11.5 Å². The van der Waals surface area contributed by atoms with Crippen LogP contribution in [0.4, 0.5) is 0 Å². The molecule has 0 aromatic heterocycles. The van der Waals surface area contributed by atoms with Crippen molar-refractivity contribution >= 4 is 5.91 Å². The SMILES string of the molecule is CC(Oc1ccc(O)cc1)C(=O)N1CC2CC=CCC2C1. The van der Waals surface area contributed by atoms with Crippen molar-refractivity contribution in [2.45, 2.75) is 25.9 Å². The minimum absolute atomic E-state index is 0.0532. The molecule has 0 spiro atoms. The molecule has 1 aliphatic heterocycles. The highest BCUT2D eigenvalue weighted by Crippen LogP contribution is 2.33. The lowest BCUT2D eigenvalue weighted by atomic mass is 9.86. The van der Waals surface area contributed by atoms with Gasteiger partial charge >= 0.3 is 0 Å². The fraction of sp³-hybridized carbons (Fsp3) is 0.471. The van der Waals surface area contributed by atoms with Gasteiger partial charge in [-0.3, -0.25) is 4.79 Å². The third kappa shape index (κ3) is 3.04. The molecule has 112 valence electrons. The number of carbonyl (C=O) groups is 1. The number of allylic oxidation sites excluding steroid dienone is 2. The van der Waals surface area contributed by atoms with Gasteiger partial charge in [-0.05, 0) is 55.9 Å². The molecule has 1 heterocycles. The van der Waals surface area contributed by atoms with E-state index in [2.05, 4.69) is 12.2 Å². The molecule has 1 saturated heterocycles. The van der Waals surface area contributed by atoms with Gasteiger partial charge in [0.1, 0.15) is 11.5 Å². The van der Waals surface area contributed by atoms with Gasteiger partial charge in [0.05, 0.1) is 0 Å². The molecule has 1 aromatic rings. The molecule has 1 N–H and O–H groups in total. The van der Waals surface area contributed by atoms with Crippen LogP contribution >= 0.6 is 0 Å². The molecule has 4 heteroatoms. The normalized spacial score (nSPS) is 25.5. The number of nitrogens with zero attached hydrogens (tertiary/aromatic N) is 1. The highest BCUT2D eigenvalue weighted by atomic mass is 16.5. The van der Waals surface area contributed by atoms with Crippen LogP contribution in [0.25, 0.3) is 0 Å². The Morgan fingerprint density at radius 3 is 2.33 bits per heavy atom. The zero-order valence-corrected chi connectivity index (χ0v) is 12.2. The van der Waals surface area contributed by atoms with Crippen LogP contribution in [0.15, 0.2) is 36.4 Å². The van der Waals surface area contributed by atoms with Crippen LogP contribution in [0.1, 0.15) is 19.8 Å². The van der Waals surface area contributed by atoms with E-state index in [0.717, 1.165) is 25.9 Å². The number of hydrogen-bond acceptors (Lipinski definition) is 3. The summed E-state index contributed by atoms with van der Waals surface area (Å²) in [6, 6.07) is 6.46. The van der Waals surface area contributed by atoms with Crippen LogP contribution in [-0.2, 0) is 4.79 Å². The Morgan fingerprint density at radius 2 is 1.76 bits per heavy atom. The topological polar surface area (TPSA) is 49.8 Å². The predicted octanol–water partition coefficient (Wildman–Crippen LogP) is 2.58. The summed E-state index contributed by atoms with van der Waals surface area (Å²) in [5.74, 6) is 2.07. The van der Waals surface area contributed by atoms with Crippen LogP contribution in [-0.4, -0.2) is 35.1 Å². The molecule has 21 heavy (non-hydrogen) atoms. The van der Waals surface area contributed by atoms with E-state index in [0.29, 0.717) is 17.6 Å². The van der Waals surface area contributed by atoms with E-state index >= 15 is 0 Å². The largest absolute Gasteiger partial charge is 0.508 e. The Hall–Kier alpha value is -1.97. The molecule has 1 aromatic carbocycles. The quantitative estimate of drug-likeness (QED) is 0.869. The fourth-order valence-electron chi connectivity index (χ4n) is 3.23. The molecule has 3 unspecified atom stereocenters. The van der Waals surface area contributed by atoms with E-state index in [9.17, 15) is 9.90 Å². The average molecular weight is 287 g/mol. The van der Waals surface area contributed by atoms with Crippen LogP contribution in [0.2, 0.25) is 0 Å². The number of hydrogen-bond donors (Lipinski definition) is 1. The summed E-state index contributed by atoms with van der Waals surface area (Å²) in [5.41, 5.74) is 0. The summed E-state index contributed by atoms with van der Waals surface area (Å²) in [4.78, 5) is 14.4. The zero-order chi connectivity index (χ0) is 14.8. The van der Waals surface area contributed by atoms with Crippen LogP contribution in [0.5, 0.6) is 11.5 Å². The van der Waals surface area contributed by atoms with Crippen LogP contribution in [0.3, 0.4) is 0 Å². The van der Waals surface area contributed by atoms with Crippen molar-refractivity contribution < 1.29 is 14.6 Å². The van der Waals surface area contributed by atoms with Crippen molar-refractivity contribution in [2.75, 3.05) is 13.1 Å². The van der Waals surface area contributed by atoms with Gasteiger partial charge in [0.15, 0.2) is 6.10 Å². The fourth-order valence-corrected chi connectivity index (χ4v) is 3.23. The van der Waals surface area contributed by atoms with Gasteiger partial charge in [-0.25, -0.2) is 0 Å². The highest BCUT2D eigenvalue weighted by Gasteiger charge is 2.36. The molecule has 0 radical (unpaired) electrons. The molecule has 0 saturated carbocycles. The molecule has 0 bridgehead atoms. The molecule has 1 amide bonds. The second-order valence-electron chi connectivity index (χ2n) is 5.96. The lowest BCUT2D eigenvalue weighted by Crippen LogP contribution is -2.39. The minimum Gasteiger partial charge on any atom is -0.508 e. The van der Waals surface area contributed by atoms with E-state index in [1.54, 1.807) is 31.2 Å². The number of ether oxygens (including phenoxy) is 1. The summed E-state index contributed by atoms with van der Waals surface area (Å²) in [7, 11) is 0. The third-order valence-corrected chi connectivity index (χ3v) is 4.43. The second kappa shape index (κ2) is 5.80. The standard InChI is InChI=1S/C17H21NO3/c1-12(21-16-8-6-15(19)7-9-16)17(20)18-10-13-4-2-3-5-14(13)11-18/h2-3,6-9,12-14,19H,4-5,10-11H2,1H3. The number of phenols is 1. The minimum atomic E-state index is -0.498. The Morgan fingerprint density at radius 1 is 1.19 bits per heavy atom. The average Bonchev–Trinajstić information content (AvgIpc) is 2.92. The van der Waals surface area contributed by atoms with E-state index in [-0.39, 0.29) is 11.7 Å². The van der Waals surface area contributed by atoms with Crippen molar-refractivity contribution in [2.24, 2.45) is 11.8 Å². The van der Waals surface area contributed by atoms with Gasteiger partial charge in [-0.1, -0.05) is 12.2 Å². The number of fused-ring (bicyclic) bond motifs is 1. The summed E-state index contributed by atoms with van der Waals surface area (Å²) >= 11 is 0. The first kappa shape index (κ1) is 14.0. The maximum absolute atomic E-state index is 12.5. The van der Waals surface area contributed by atoms with E-state index in [1.165, 1.54) is 0 Å². The molecule has 4 nitrogen and oxygen atoms in total. The molecule has 3 atom stereocenters. The van der Waals surface area contributed by atoms with E-state index < -0.39 is 6.10 Å². The van der Waals surface area contributed by atoms with Gasteiger partial charge in [-0.2, -0.15) is 0 Å². The summed E-state index contributed by atoms with van der Waals surface area (Å²) < 4.78 is 5.68. The summed E-state index contributed by atoms with van der Waals surface area (Å²) in [5, 5.41) is 9.25. The summed E-state index contributed by atoms with van der Waals surface area (Å²) in [6.45, 7) is 3.48. The molecular weight excluding hydrogens is 266 g/mol.